The number of carbonyl (C=O) groups is 1. The third-order valence-electron chi connectivity index (χ3n) is 5.97. The van der Waals surface area contributed by atoms with Crippen LogP contribution in [-0.4, -0.2) is 82.0 Å². The molecule has 0 saturated carbocycles. The number of ether oxygens (including phenoxy) is 1. The molecule has 1 heterocycles. The van der Waals surface area contributed by atoms with Gasteiger partial charge >= 0.3 is 0 Å². The Morgan fingerprint density at radius 1 is 1.19 bits per heavy atom. The van der Waals surface area contributed by atoms with Crippen molar-refractivity contribution >= 4 is 23.5 Å². The van der Waals surface area contributed by atoms with Gasteiger partial charge in [-0.15, -0.1) is 0 Å². The SMILES string of the molecule is C=C/C=C(\C=C)C(CN(C)C)N(C)C(=N/C(=C)Nc1ccc(N2CCOCC2)cc1)/C(/C=C\C=O)=C\C. The number of aldehydes is 1. The van der Waals surface area contributed by atoms with E-state index in [-0.39, 0.29) is 6.04 Å². The van der Waals surface area contributed by atoms with Gasteiger partial charge in [-0.3, -0.25) is 4.79 Å². The quantitative estimate of drug-likeness (QED) is 0.139. The molecule has 1 unspecified atom stereocenters. The van der Waals surface area contributed by atoms with Crippen LogP contribution >= 0.6 is 0 Å². The lowest BCUT2D eigenvalue weighted by Gasteiger charge is -2.34. The fourth-order valence-corrected chi connectivity index (χ4v) is 4.09. The van der Waals surface area contributed by atoms with Gasteiger partial charge < -0.3 is 24.8 Å². The van der Waals surface area contributed by atoms with Crippen molar-refractivity contribution < 1.29 is 9.53 Å². The van der Waals surface area contributed by atoms with E-state index in [4.69, 9.17) is 9.73 Å². The van der Waals surface area contributed by atoms with Crippen molar-refractivity contribution in [2.45, 2.75) is 13.0 Å². The number of morpholine rings is 1. The third kappa shape index (κ3) is 9.04. The number of hydrogen-bond donors (Lipinski definition) is 1. The fraction of sp³-hybridized carbons (Fsp3) is 0.333. The molecule has 1 aromatic carbocycles. The van der Waals surface area contributed by atoms with E-state index in [1.54, 1.807) is 12.2 Å². The smallest absolute Gasteiger partial charge is 0.142 e. The molecule has 1 aliphatic rings. The van der Waals surface area contributed by atoms with E-state index in [9.17, 15) is 4.79 Å². The molecular formula is C30H41N5O2. The van der Waals surface area contributed by atoms with Crippen molar-refractivity contribution in [3.05, 3.63) is 97.4 Å². The molecular weight excluding hydrogens is 462 g/mol. The van der Waals surface area contributed by atoms with E-state index in [2.05, 4.69) is 51.9 Å². The Balaban J connectivity index is 2.38. The Morgan fingerprint density at radius 3 is 2.41 bits per heavy atom. The molecule has 0 amide bonds. The predicted molar refractivity (Wildman–Crippen MR) is 157 cm³/mol. The van der Waals surface area contributed by atoms with Crippen molar-refractivity contribution in [3.63, 3.8) is 0 Å². The normalized spacial score (nSPS) is 16.0. The number of carbonyl (C=O) groups excluding carboxylic acids is 1. The van der Waals surface area contributed by atoms with Crippen molar-refractivity contribution in [1.82, 2.24) is 9.80 Å². The van der Waals surface area contributed by atoms with Gasteiger partial charge in [-0.05, 0) is 63.0 Å². The standard InChI is InChI=1S/C30H41N5O2/c1-8-12-25(9-2)29(23-33(5)6)34(7)30(26(10-3)13-11-20-36)32-24(4)31-27-14-16-28(17-15-27)35-18-21-37-22-19-35/h8-17,20,29,31H,1-2,4,18-19,21-23H2,3,5-7H3/b13-11-,25-12+,26-10-,32-30+. The minimum Gasteiger partial charge on any atom is -0.378 e. The van der Waals surface area contributed by atoms with Gasteiger partial charge in [0.05, 0.1) is 19.3 Å². The Labute approximate surface area is 222 Å². The maximum atomic E-state index is 11.1. The Kier molecular flexibility index (Phi) is 12.3. The van der Waals surface area contributed by atoms with Gasteiger partial charge in [-0.25, -0.2) is 4.99 Å². The zero-order valence-corrected chi connectivity index (χ0v) is 22.7. The van der Waals surface area contributed by atoms with E-state index >= 15 is 0 Å². The van der Waals surface area contributed by atoms with Crippen LogP contribution in [0.15, 0.2) is 102 Å². The molecule has 2 rings (SSSR count). The Hall–Kier alpha value is -3.68. The molecule has 1 aromatic rings. The molecule has 0 aromatic heterocycles. The first-order valence-corrected chi connectivity index (χ1v) is 12.4. The van der Waals surface area contributed by atoms with E-state index in [1.807, 2.05) is 58.4 Å². The van der Waals surface area contributed by atoms with Gasteiger partial charge in [0.1, 0.15) is 17.9 Å². The van der Waals surface area contributed by atoms with Crippen LogP contribution in [0.1, 0.15) is 6.92 Å². The van der Waals surface area contributed by atoms with Crippen LogP contribution in [0.3, 0.4) is 0 Å². The summed E-state index contributed by atoms with van der Waals surface area (Å²) in [5.41, 5.74) is 3.86. The number of benzene rings is 1. The van der Waals surface area contributed by atoms with Crippen LogP contribution in [-0.2, 0) is 9.53 Å². The minimum absolute atomic E-state index is 0.0653. The topological polar surface area (TPSA) is 60.4 Å². The molecule has 7 heteroatoms. The summed E-state index contributed by atoms with van der Waals surface area (Å²) in [6.45, 7) is 17.9. The first-order valence-electron chi connectivity index (χ1n) is 12.4. The third-order valence-corrected chi connectivity index (χ3v) is 5.97. The van der Waals surface area contributed by atoms with Gasteiger partial charge in [0, 0.05) is 43.6 Å². The van der Waals surface area contributed by atoms with Crippen LogP contribution < -0.4 is 10.2 Å². The Bertz CT molecular complexity index is 1040. The Morgan fingerprint density at radius 2 is 1.86 bits per heavy atom. The van der Waals surface area contributed by atoms with Gasteiger partial charge in [-0.1, -0.05) is 44.0 Å². The van der Waals surface area contributed by atoms with Gasteiger partial charge in [0.25, 0.3) is 0 Å². The average molecular weight is 504 g/mol. The average Bonchev–Trinajstić information content (AvgIpc) is 2.90. The number of likely N-dealkylation sites (N-methyl/N-ethyl adjacent to an activating group) is 2. The van der Waals surface area contributed by atoms with E-state index < -0.39 is 0 Å². The van der Waals surface area contributed by atoms with Gasteiger partial charge in [-0.2, -0.15) is 0 Å². The zero-order valence-electron chi connectivity index (χ0n) is 22.7. The summed E-state index contributed by atoms with van der Waals surface area (Å²) in [6.07, 6.45) is 11.5. The summed E-state index contributed by atoms with van der Waals surface area (Å²) >= 11 is 0. The van der Waals surface area contributed by atoms with Gasteiger partial charge in [0.15, 0.2) is 0 Å². The molecule has 1 saturated heterocycles. The van der Waals surface area contributed by atoms with Crippen LogP contribution in [0.2, 0.25) is 0 Å². The monoisotopic (exact) mass is 503 g/mol. The number of nitrogens with zero attached hydrogens (tertiary/aromatic N) is 4. The molecule has 1 atom stereocenters. The summed E-state index contributed by atoms with van der Waals surface area (Å²) in [5.74, 6) is 1.16. The number of amidine groups is 1. The summed E-state index contributed by atoms with van der Waals surface area (Å²) in [5, 5.41) is 3.31. The second-order valence-electron chi connectivity index (χ2n) is 8.89. The number of allylic oxidation sites excluding steroid dienone is 4. The molecule has 1 N–H and O–H groups in total. The van der Waals surface area contributed by atoms with Gasteiger partial charge in [0.2, 0.25) is 0 Å². The largest absolute Gasteiger partial charge is 0.378 e. The summed E-state index contributed by atoms with van der Waals surface area (Å²) in [7, 11) is 6.03. The number of aliphatic imine (C=N–C) groups is 1. The number of rotatable bonds is 13. The van der Waals surface area contributed by atoms with E-state index in [0.717, 1.165) is 61.7 Å². The van der Waals surface area contributed by atoms with Crippen molar-refractivity contribution in [1.29, 1.82) is 0 Å². The number of anilines is 2. The highest BCUT2D eigenvalue weighted by atomic mass is 16.5. The first kappa shape index (κ1) is 29.5. The minimum atomic E-state index is -0.0653. The highest BCUT2D eigenvalue weighted by Gasteiger charge is 2.23. The molecule has 37 heavy (non-hydrogen) atoms. The lowest BCUT2D eigenvalue weighted by Crippen LogP contribution is -2.44. The lowest BCUT2D eigenvalue weighted by atomic mass is 10.0. The lowest BCUT2D eigenvalue weighted by molar-refractivity contribution is -0.104. The van der Waals surface area contributed by atoms with Crippen LogP contribution in [0, 0.1) is 0 Å². The van der Waals surface area contributed by atoms with Crippen molar-refractivity contribution in [2.24, 2.45) is 4.99 Å². The second-order valence-corrected chi connectivity index (χ2v) is 8.89. The van der Waals surface area contributed by atoms with E-state index in [0.29, 0.717) is 11.7 Å². The second kappa shape index (κ2) is 15.4. The first-order chi connectivity index (χ1) is 17.8. The molecule has 0 bridgehead atoms. The van der Waals surface area contributed by atoms with Crippen LogP contribution in [0.5, 0.6) is 0 Å². The fourth-order valence-electron chi connectivity index (χ4n) is 4.09. The maximum Gasteiger partial charge on any atom is 0.142 e. The number of nitrogens with one attached hydrogen (secondary N) is 1. The molecule has 0 radical (unpaired) electrons. The molecule has 7 nitrogen and oxygen atoms in total. The molecule has 198 valence electrons. The molecule has 1 fully saturated rings. The summed E-state index contributed by atoms with van der Waals surface area (Å²) < 4.78 is 5.45. The molecule has 1 aliphatic heterocycles. The zero-order chi connectivity index (χ0) is 27.2. The van der Waals surface area contributed by atoms with Crippen molar-refractivity contribution in [2.75, 3.05) is 64.2 Å². The summed E-state index contributed by atoms with van der Waals surface area (Å²) in [6, 6.07) is 8.16. The van der Waals surface area contributed by atoms with Crippen LogP contribution in [0.25, 0.3) is 0 Å². The molecule has 0 spiro atoms. The molecule has 0 aliphatic carbocycles. The summed E-state index contributed by atoms with van der Waals surface area (Å²) in [4.78, 5) is 22.5. The number of hydrogen-bond acceptors (Lipinski definition) is 6. The highest BCUT2D eigenvalue weighted by Crippen LogP contribution is 2.21. The van der Waals surface area contributed by atoms with Crippen LogP contribution in [0.4, 0.5) is 11.4 Å². The van der Waals surface area contributed by atoms with E-state index in [1.165, 1.54) is 6.08 Å². The highest BCUT2D eigenvalue weighted by molar-refractivity contribution is 6.02. The maximum absolute atomic E-state index is 11.1. The van der Waals surface area contributed by atoms with Crippen molar-refractivity contribution in [3.8, 4) is 0 Å². The predicted octanol–water partition coefficient (Wildman–Crippen LogP) is 4.67.